The van der Waals surface area contributed by atoms with Crippen LogP contribution in [0.25, 0.3) is 0 Å². The van der Waals surface area contributed by atoms with E-state index in [0.717, 1.165) is 6.07 Å². The highest BCUT2D eigenvalue weighted by atomic mass is 19.4. The van der Waals surface area contributed by atoms with Gasteiger partial charge in [-0.2, -0.15) is 13.2 Å². The first kappa shape index (κ1) is 19.3. The molecule has 1 aliphatic carbocycles. The minimum Gasteiger partial charge on any atom is -0.480 e. The van der Waals surface area contributed by atoms with Crippen molar-refractivity contribution in [3.8, 4) is 0 Å². The number of rotatable bonds is 1. The number of allylic oxidation sites excluding steroid dienone is 2. The second-order valence-corrected chi connectivity index (χ2v) is 7.73. The van der Waals surface area contributed by atoms with E-state index in [1.807, 2.05) is 0 Å². The maximum absolute atomic E-state index is 13.7. The Balaban J connectivity index is 2.25. The lowest BCUT2D eigenvalue weighted by Gasteiger charge is -2.43. The van der Waals surface area contributed by atoms with Crippen molar-refractivity contribution in [2.45, 2.75) is 50.9 Å². The highest BCUT2D eigenvalue weighted by Gasteiger charge is 2.51. The van der Waals surface area contributed by atoms with E-state index in [9.17, 15) is 27.9 Å². The number of carboxylic acids is 1. The molecule has 1 aromatic carbocycles. The van der Waals surface area contributed by atoms with Crippen molar-refractivity contribution in [1.29, 1.82) is 0 Å². The maximum atomic E-state index is 13.7. The number of carboxylic acid groups (broad SMARTS) is 1. The Kier molecular flexibility index (Phi) is 4.48. The van der Waals surface area contributed by atoms with E-state index >= 15 is 0 Å². The Morgan fingerprint density at radius 3 is 2.44 bits per heavy atom. The summed E-state index contributed by atoms with van der Waals surface area (Å²) in [6.45, 7) is 4.71. The normalized spacial score (nSPS) is 24.4. The number of hydrogen-bond acceptors (Lipinski definition) is 3. The summed E-state index contributed by atoms with van der Waals surface area (Å²) in [6.07, 6.45) is -2.03. The molecule has 2 aliphatic rings. The summed E-state index contributed by atoms with van der Waals surface area (Å²) < 4.78 is 46.3. The summed E-state index contributed by atoms with van der Waals surface area (Å²) in [5.41, 5.74) is -2.18. The van der Waals surface area contributed by atoms with Crippen LogP contribution in [0.5, 0.6) is 0 Å². The molecule has 3 rings (SSSR count). The van der Waals surface area contributed by atoms with Crippen LogP contribution in [0.3, 0.4) is 0 Å². The summed E-state index contributed by atoms with van der Waals surface area (Å²) >= 11 is 0. The van der Waals surface area contributed by atoms with Crippen LogP contribution in [0, 0.1) is 5.92 Å². The minimum atomic E-state index is -4.75. The van der Waals surface area contributed by atoms with Gasteiger partial charge in [-0.25, -0.2) is 9.59 Å². The van der Waals surface area contributed by atoms with Gasteiger partial charge in [0.25, 0.3) is 0 Å². The van der Waals surface area contributed by atoms with Crippen LogP contribution >= 0.6 is 0 Å². The van der Waals surface area contributed by atoms with E-state index in [1.54, 1.807) is 32.9 Å². The van der Waals surface area contributed by atoms with Crippen LogP contribution < -0.4 is 4.90 Å². The highest BCUT2D eigenvalue weighted by molar-refractivity contribution is 5.98. The van der Waals surface area contributed by atoms with Crippen molar-refractivity contribution in [1.82, 2.24) is 0 Å². The number of ether oxygens (including phenoxy) is 1. The van der Waals surface area contributed by atoms with Gasteiger partial charge in [-0.1, -0.05) is 24.3 Å². The smallest absolute Gasteiger partial charge is 0.418 e. The monoisotopic (exact) mass is 383 g/mol. The Bertz CT molecular complexity index is 810. The zero-order valence-corrected chi connectivity index (χ0v) is 15.1. The topological polar surface area (TPSA) is 66.8 Å². The number of para-hydroxylation sites is 1. The molecule has 0 bridgehead atoms. The van der Waals surface area contributed by atoms with Crippen LogP contribution in [-0.2, 0) is 15.7 Å². The summed E-state index contributed by atoms with van der Waals surface area (Å²) in [6, 6.07) is 2.19. The molecule has 146 valence electrons. The Labute approximate surface area is 154 Å². The van der Waals surface area contributed by atoms with Crippen molar-refractivity contribution < 1.29 is 32.6 Å². The van der Waals surface area contributed by atoms with Crippen molar-refractivity contribution in [3.63, 3.8) is 0 Å². The van der Waals surface area contributed by atoms with Crippen LogP contribution in [0.2, 0.25) is 0 Å². The SMILES string of the molecule is CC(C)(C)OC(=O)N1c2c(cccc2C(F)(F)F)[C@H]2C=CC[C@H]2[C@H]1C(=O)O. The molecule has 0 fully saturated rings. The lowest BCUT2D eigenvalue weighted by molar-refractivity contribution is -0.141. The summed E-state index contributed by atoms with van der Waals surface area (Å²) in [5.74, 6) is -2.41. The van der Waals surface area contributed by atoms with E-state index in [1.165, 1.54) is 12.1 Å². The first-order valence-corrected chi connectivity index (χ1v) is 8.53. The van der Waals surface area contributed by atoms with Gasteiger partial charge in [0.05, 0.1) is 11.3 Å². The number of amides is 1. The minimum absolute atomic E-state index is 0.284. The fourth-order valence-electron chi connectivity index (χ4n) is 3.80. The van der Waals surface area contributed by atoms with Crippen molar-refractivity contribution in [2.24, 2.45) is 5.92 Å². The van der Waals surface area contributed by atoms with Gasteiger partial charge in [-0.15, -0.1) is 0 Å². The van der Waals surface area contributed by atoms with Gasteiger partial charge in [0, 0.05) is 11.8 Å². The fraction of sp³-hybridized carbons (Fsp3) is 0.474. The van der Waals surface area contributed by atoms with E-state index in [4.69, 9.17) is 4.74 Å². The lowest BCUT2D eigenvalue weighted by atomic mass is 9.77. The molecule has 0 aromatic heterocycles. The molecule has 1 aliphatic heterocycles. The number of nitrogens with zero attached hydrogens (tertiary/aromatic N) is 1. The van der Waals surface area contributed by atoms with Gasteiger partial charge in [-0.3, -0.25) is 4.90 Å². The number of benzene rings is 1. The summed E-state index contributed by atoms with van der Waals surface area (Å²) in [4.78, 5) is 25.5. The molecule has 0 spiro atoms. The van der Waals surface area contributed by atoms with E-state index in [0.29, 0.717) is 11.3 Å². The van der Waals surface area contributed by atoms with E-state index in [-0.39, 0.29) is 5.56 Å². The third-order valence-corrected chi connectivity index (χ3v) is 4.71. The largest absolute Gasteiger partial charge is 0.480 e. The Morgan fingerprint density at radius 1 is 1.22 bits per heavy atom. The van der Waals surface area contributed by atoms with Gasteiger partial charge in [-0.05, 0) is 38.8 Å². The fourth-order valence-corrected chi connectivity index (χ4v) is 3.80. The number of aliphatic carboxylic acids is 1. The molecule has 5 nitrogen and oxygen atoms in total. The van der Waals surface area contributed by atoms with Gasteiger partial charge < -0.3 is 9.84 Å². The maximum Gasteiger partial charge on any atom is 0.418 e. The summed E-state index contributed by atoms with van der Waals surface area (Å²) in [5, 5.41) is 9.76. The van der Waals surface area contributed by atoms with Crippen LogP contribution in [0.15, 0.2) is 30.4 Å². The lowest BCUT2D eigenvalue weighted by Crippen LogP contribution is -2.55. The average molecular weight is 383 g/mol. The van der Waals surface area contributed by atoms with Gasteiger partial charge >= 0.3 is 18.2 Å². The van der Waals surface area contributed by atoms with Crippen molar-refractivity contribution in [2.75, 3.05) is 4.90 Å². The molecule has 27 heavy (non-hydrogen) atoms. The molecular weight excluding hydrogens is 363 g/mol. The highest BCUT2D eigenvalue weighted by Crippen LogP contribution is 2.51. The van der Waals surface area contributed by atoms with Gasteiger partial charge in [0.1, 0.15) is 11.6 Å². The zero-order chi connectivity index (χ0) is 20.1. The first-order valence-electron chi connectivity index (χ1n) is 8.53. The van der Waals surface area contributed by atoms with Gasteiger partial charge in [0.15, 0.2) is 0 Å². The molecule has 1 heterocycles. The average Bonchev–Trinajstić information content (AvgIpc) is 2.99. The van der Waals surface area contributed by atoms with Crippen molar-refractivity contribution >= 4 is 17.7 Å². The third-order valence-electron chi connectivity index (χ3n) is 4.71. The van der Waals surface area contributed by atoms with E-state index < -0.39 is 53.0 Å². The number of halogens is 3. The molecule has 1 aromatic rings. The number of anilines is 1. The molecule has 0 unspecified atom stereocenters. The predicted molar refractivity (Wildman–Crippen MR) is 91.6 cm³/mol. The molecule has 0 saturated heterocycles. The molecule has 1 N–H and O–H groups in total. The van der Waals surface area contributed by atoms with Crippen molar-refractivity contribution in [3.05, 3.63) is 41.5 Å². The number of carbonyl (C=O) groups excluding carboxylic acids is 1. The molecular formula is C19H20F3NO4. The second-order valence-electron chi connectivity index (χ2n) is 7.73. The predicted octanol–water partition coefficient (Wildman–Crippen LogP) is 4.57. The number of carbonyl (C=O) groups is 2. The molecule has 1 amide bonds. The summed E-state index contributed by atoms with van der Waals surface area (Å²) in [7, 11) is 0. The second kappa shape index (κ2) is 6.28. The molecule has 3 atom stereocenters. The molecule has 8 heteroatoms. The van der Waals surface area contributed by atoms with Crippen LogP contribution in [-0.4, -0.2) is 28.8 Å². The standard InChI is InChI=1S/C19H20F3NO4/c1-18(2,3)27-17(26)23-14-11(8-5-9-13(14)19(20,21)22)10-6-4-7-12(10)15(23)16(24)25/h4-6,8-10,12,15H,7H2,1-3H3,(H,24,25)/t10-,12-,15+/m1/s1. The van der Waals surface area contributed by atoms with Crippen LogP contribution in [0.1, 0.15) is 44.2 Å². The first-order chi connectivity index (χ1) is 12.4. The molecule has 0 saturated carbocycles. The quantitative estimate of drug-likeness (QED) is 0.722. The zero-order valence-electron chi connectivity index (χ0n) is 15.1. The Morgan fingerprint density at radius 2 is 1.89 bits per heavy atom. The number of fused-ring (bicyclic) bond motifs is 3. The Hall–Kier alpha value is -2.51. The van der Waals surface area contributed by atoms with Gasteiger partial charge in [0.2, 0.25) is 0 Å². The third kappa shape index (κ3) is 3.40. The number of hydrogen-bond donors (Lipinski definition) is 1. The van der Waals surface area contributed by atoms with Crippen LogP contribution in [0.4, 0.5) is 23.7 Å². The molecule has 0 radical (unpaired) electrons. The number of alkyl halides is 3. The van der Waals surface area contributed by atoms with E-state index in [2.05, 4.69) is 0 Å².